The maximum absolute atomic E-state index is 9.15. The minimum absolute atomic E-state index is 0.328. The van der Waals surface area contributed by atoms with Crippen LogP contribution in [0, 0.1) is 22.7 Å². The van der Waals surface area contributed by atoms with Crippen LogP contribution in [-0.2, 0) is 0 Å². The normalized spacial score (nSPS) is 10.2. The zero-order valence-corrected chi connectivity index (χ0v) is 11.6. The number of nitrogens with two attached hydrogens (primary N) is 1. The number of hydrogen-bond acceptors (Lipinski definition) is 3. The summed E-state index contributed by atoms with van der Waals surface area (Å²) in [6.07, 6.45) is 0. The number of fused-ring (bicyclic) bond motifs is 1. The molecule has 0 saturated heterocycles. The van der Waals surface area contributed by atoms with E-state index in [1.54, 1.807) is 24.3 Å². The van der Waals surface area contributed by atoms with Gasteiger partial charge in [0.1, 0.15) is 18.0 Å². The molecule has 5 heteroatoms. The predicted octanol–water partition coefficient (Wildman–Crippen LogP) is 3.81. The van der Waals surface area contributed by atoms with Crippen LogP contribution in [0.3, 0.4) is 0 Å². The number of anilines is 1. The van der Waals surface area contributed by atoms with E-state index in [1.165, 1.54) is 0 Å². The van der Waals surface area contributed by atoms with Crippen LogP contribution >= 0.6 is 11.6 Å². The maximum atomic E-state index is 9.15. The van der Waals surface area contributed by atoms with Crippen molar-refractivity contribution in [3.63, 3.8) is 0 Å². The van der Waals surface area contributed by atoms with Crippen molar-refractivity contribution in [2.75, 3.05) is 5.73 Å². The fourth-order valence-electron chi connectivity index (χ4n) is 2.38. The second-order valence-electron chi connectivity index (χ2n) is 4.59. The van der Waals surface area contributed by atoms with E-state index in [2.05, 4.69) is 4.98 Å². The quantitative estimate of drug-likeness (QED) is 0.714. The summed E-state index contributed by atoms with van der Waals surface area (Å²) >= 11 is 5.90. The SMILES string of the molecule is N#Cc1cc2[nH]c(N)c(-c3ccc(Cl)cc3)c2cc1C#N. The molecule has 0 atom stereocenters. The number of H-pyrrole nitrogens is 1. The van der Waals surface area contributed by atoms with Gasteiger partial charge in [-0.05, 0) is 29.8 Å². The number of nitrogens with zero attached hydrogens (tertiary/aromatic N) is 2. The van der Waals surface area contributed by atoms with Crippen LogP contribution in [0.4, 0.5) is 5.82 Å². The van der Waals surface area contributed by atoms with E-state index in [0.717, 1.165) is 22.0 Å². The Morgan fingerprint density at radius 3 is 2.24 bits per heavy atom. The highest BCUT2D eigenvalue weighted by Gasteiger charge is 2.14. The molecular weight excluding hydrogens is 284 g/mol. The Balaban J connectivity index is 2.34. The van der Waals surface area contributed by atoms with E-state index >= 15 is 0 Å². The van der Waals surface area contributed by atoms with Crippen molar-refractivity contribution in [2.24, 2.45) is 0 Å². The van der Waals surface area contributed by atoms with E-state index in [-0.39, 0.29) is 0 Å². The van der Waals surface area contributed by atoms with Gasteiger partial charge in [0.2, 0.25) is 0 Å². The van der Waals surface area contributed by atoms with Crippen LogP contribution in [0.15, 0.2) is 36.4 Å². The predicted molar refractivity (Wildman–Crippen MR) is 82.6 cm³/mol. The molecule has 0 aliphatic rings. The summed E-state index contributed by atoms with van der Waals surface area (Å²) in [5, 5.41) is 19.7. The van der Waals surface area contributed by atoms with Crippen molar-refractivity contribution in [3.05, 3.63) is 52.5 Å². The number of nitriles is 2. The molecular formula is C16H9ClN4. The highest BCUT2D eigenvalue weighted by atomic mass is 35.5. The van der Waals surface area contributed by atoms with Gasteiger partial charge in [0.15, 0.2) is 0 Å². The van der Waals surface area contributed by atoms with Crippen LogP contribution in [0.5, 0.6) is 0 Å². The lowest BCUT2D eigenvalue weighted by Crippen LogP contribution is -1.87. The molecule has 21 heavy (non-hydrogen) atoms. The fraction of sp³-hybridized carbons (Fsp3) is 0. The highest BCUT2D eigenvalue weighted by Crippen LogP contribution is 2.35. The molecule has 0 aliphatic carbocycles. The van der Waals surface area contributed by atoms with Gasteiger partial charge < -0.3 is 10.7 Å². The maximum Gasteiger partial charge on any atom is 0.109 e. The standard InChI is InChI=1S/C16H9ClN4/c17-12-3-1-9(2-4-12)15-13-5-10(7-18)11(8-19)6-14(13)21-16(15)20/h1-6,21H,20H2. The third kappa shape index (κ3) is 2.08. The number of aromatic amines is 1. The largest absolute Gasteiger partial charge is 0.385 e. The first-order valence-corrected chi connectivity index (χ1v) is 6.53. The van der Waals surface area contributed by atoms with Crippen molar-refractivity contribution >= 4 is 28.3 Å². The number of benzene rings is 2. The monoisotopic (exact) mass is 292 g/mol. The molecule has 3 N–H and O–H groups in total. The number of hydrogen-bond donors (Lipinski definition) is 2. The molecule has 1 heterocycles. The van der Waals surface area contributed by atoms with Crippen molar-refractivity contribution in [1.29, 1.82) is 10.5 Å². The van der Waals surface area contributed by atoms with Crippen LogP contribution in [-0.4, -0.2) is 4.98 Å². The van der Waals surface area contributed by atoms with Crippen molar-refractivity contribution in [3.8, 4) is 23.3 Å². The number of aromatic nitrogens is 1. The minimum Gasteiger partial charge on any atom is -0.385 e. The molecule has 0 unspecified atom stereocenters. The minimum atomic E-state index is 0.328. The van der Waals surface area contributed by atoms with Crippen LogP contribution in [0.25, 0.3) is 22.0 Å². The second kappa shape index (κ2) is 4.86. The van der Waals surface area contributed by atoms with Crippen molar-refractivity contribution < 1.29 is 0 Å². The average Bonchev–Trinajstić information content (AvgIpc) is 2.81. The molecule has 0 amide bonds. The van der Waals surface area contributed by atoms with E-state index in [1.807, 2.05) is 24.3 Å². The van der Waals surface area contributed by atoms with E-state index in [0.29, 0.717) is 22.0 Å². The second-order valence-corrected chi connectivity index (χ2v) is 5.02. The van der Waals surface area contributed by atoms with E-state index < -0.39 is 0 Å². The average molecular weight is 293 g/mol. The van der Waals surface area contributed by atoms with Crippen LogP contribution in [0.2, 0.25) is 5.02 Å². The van der Waals surface area contributed by atoms with Gasteiger partial charge in [0.05, 0.1) is 11.1 Å². The molecule has 0 fully saturated rings. The Morgan fingerprint density at radius 2 is 1.62 bits per heavy atom. The van der Waals surface area contributed by atoms with Crippen molar-refractivity contribution in [2.45, 2.75) is 0 Å². The Hall–Kier alpha value is -2.95. The molecule has 2 aromatic carbocycles. The summed E-state index contributed by atoms with van der Waals surface area (Å²) in [7, 11) is 0. The Kier molecular flexibility index (Phi) is 3.02. The van der Waals surface area contributed by atoms with Gasteiger partial charge in [-0.3, -0.25) is 0 Å². The number of rotatable bonds is 1. The van der Waals surface area contributed by atoms with Gasteiger partial charge in [-0.15, -0.1) is 0 Å². The summed E-state index contributed by atoms with van der Waals surface area (Å²) < 4.78 is 0. The molecule has 3 aromatic rings. The summed E-state index contributed by atoms with van der Waals surface area (Å²) in [4.78, 5) is 3.05. The van der Waals surface area contributed by atoms with Crippen LogP contribution < -0.4 is 5.73 Å². The van der Waals surface area contributed by atoms with E-state index in [9.17, 15) is 0 Å². The first-order chi connectivity index (χ1) is 10.1. The number of nitrogens with one attached hydrogen (secondary N) is 1. The molecule has 0 bridgehead atoms. The molecule has 100 valence electrons. The molecule has 1 aromatic heterocycles. The lowest BCUT2D eigenvalue weighted by Gasteiger charge is -2.02. The highest BCUT2D eigenvalue weighted by molar-refractivity contribution is 6.30. The third-order valence-corrected chi connectivity index (χ3v) is 3.59. The lowest BCUT2D eigenvalue weighted by atomic mass is 10.0. The Bertz CT molecular complexity index is 924. The number of halogens is 1. The van der Waals surface area contributed by atoms with Gasteiger partial charge in [-0.25, -0.2) is 0 Å². The number of nitrogen functional groups attached to an aromatic ring is 1. The van der Waals surface area contributed by atoms with Crippen molar-refractivity contribution in [1.82, 2.24) is 4.98 Å². The lowest BCUT2D eigenvalue weighted by molar-refractivity contribution is 1.43. The van der Waals surface area contributed by atoms with Gasteiger partial charge in [-0.2, -0.15) is 10.5 Å². The summed E-state index contributed by atoms with van der Waals surface area (Å²) in [6, 6.07) is 14.7. The zero-order valence-electron chi connectivity index (χ0n) is 10.8. The molecule has 4 nitrogen and oxygen atoms in total. The van der Waals surface area contributed by atoms with Gasteiger partial charge in [0, 0.05) is 21.5 Å². The van der Waals surface area contributed by atoms with Gasteiger partial charge in [-0.1, -0.05) is 23.7 Å². The summed E-state index contributed by atoms with van der Waals surface area (Å²) in [5.41, 5.74) is 9.15. The molecule has 0 radical (unpaired) electrons. The molecule has 3 rings (SSSR count). The smallest absolute Gasteiger partial charge is 0.109 e. The summed E-state index contributed by atoms with van der Waals surface area (Å²) in [6.45, 7) is 0. The zero-order chi connectivity index (χ0) is 15.0. The van der Waals surface area contributed by atoms with Gasteiger partial charge in [0.25, 0.3) is 0 Å². The van der Waals surface area contributed by atoms with Gasteiger partial charge >= 0.3 is 0 Å². The third-order valence-electron chi connectivity index (χ3n) is 3.34. The first-order valence-electron chi connectivity index (χ1n) is 6.15. The Labute approximate surface area is 126 Å². The Morgan fingerprint density at radius 1 is 1.00 bits per heavy atom. The molecule has 0 saturated carbocycles. The first kappa shape index (κ1) is 13.1. The fourth-order valence-corrected chi connectivity index (χ4v) is 2.50. The van der Waals surface area contributed by atoms with Crippen LogP contribution in [0.1, 0.15) is 11.1 Å². The molecule has 0 aliphatic heterocycles. The molecule has 0 spiro atoms. The summed E-state index contributed by atoms with van der Waals surface area (Å²) in [5.74, 6) is 0.492. The topological polar surface area (TPSA) is 89.4 Å². The van der Waals surface area contributed by atoms with E-state index in [4.69, 9.17) is 27.9 Å².